The number of benzene rings is 2. The van der Waals surface area contributed by atoms with E-state index in [1.54, 1.807) is 0 Å². The van der Waals surface area contributed by atoms with Crippen molar-refractivity contribution in [2.24, 2.45) is 0 Å². The van der Waals surface area contributed by atoms with Gasteiger partial charge in [0.2, 0.25) is 0 Å². The zero-order valence-corrected chi connectivity index (χ0v) is 13.0. The lowest BCUT2D eigenvalue weighted by Crippen LogP contribution is -2.36. The molecule has 0 bridgehead atoms. The van der Waals surface area contributed by atoms with E-state index >= 15 is 0 Å². The molecule has 0 aliphatic carbocycles. The molecule has 0 saturated heterocycles. The fourth-order valence-corrected chi connectivity index (χ4v) is 3.18. The van der Waals surface area contributed by atoms with Gasteiger partial charge in [-0.15, -0.1) is 0 Å². The normalized spacial score (nSPS) is 19.5. The maximum atomic E-state index is 5.93. The average Bonchev–Trinajstić information content (AvgIpc) is 2.45. The molecular formula is C19H23NO. The molecule has 2 aromatic rings. The van der Waals surface area contributed by atoms with Crippen LogP contribution in [0.25, 0.3) is 0 Å². The highest BCUT2D eigenvalue weighted by atomic mass is 16.5. The summed E-state index contributed by atoms with van der Waals surface area (Å²) in [6.07, 6.45) is 1.14. The first-order valence-electron chi connectivity index (χ1n) is 7.62. The zero-order chi connectivity index (χ0) is 14.9. The van der Waals surface area contributed by atoms with Gasteiger partial charge in [-0.25, -0.2) is 0 Å². The Balaban J connectivity index is 1.76. The first-order chi connectivity index (χ1) is 10.0. The van der Waals surface area contributed by atoms with Crippen molar-refractivity contribution >= 4 is 5.69 Å². The van der Waals surface area contributed by atoms with Crippen LogP contribution < -0.4 is 10.1 Å². The molecule has 2 nitrogen and oxygen atoms in total. The van der Waals surface area contributed by atoms with Gasteiger partial charge in [-0.1, -0.05) is 37.3 Å². The van der Waals surface area contributed by atoms with Crippen molar-refractivity contribution in [1.82, 2.24) is 0 Å². The summed E-state index contributed by atoms with van der Waals surface area (Å²) in [5.74, 6) is 1.50. The molecule has 1 N–H and O–H groups in total. The highest BCUT2D eigenvalue weighted by molar-refractivity contribution is 5.59. The molecule has 2 aromatic carbocycles. The van der Waals surface area contributed by atoms with E-state index in [1.807, 2.05) is 18.2 Å². The van der Waals surface area contributed by atoms with Crippen LogP contribution >= 0.6 is 0 Å². The maximum absolute atomic E-state index is 5.93. The molecule has 21 heavy (non-hydrogen) atoms. The van der Waals surface area contributed by atoms with Crippen molar-refractivity contribution in [3.05, 3.63) is 59.7 Å². The molecule has 0 radical (unpaired) electrons. The molecule has 3 rings (SSSR count). The molecule has 1 unspecified atom stereocenters. The quantitative estimate of drug-likeness (QED) is 0.858. The third-order valence-electron chi connectivity index (χ3n) is 4.09. The number of hydrogen-bond donors (Lipinski definition) is 1. The highest BCUT2D eigenvalue weighted by Crippen LogP contribution is 2.40. The van der Waals surface area contributed by atoms with Crippen LogP contribution in [0.15, 0.2) is 48.5 Å². The van der Waals surface area contributed by atoms with Crippen LogP contribution in [0.5, 0.6) is 5.75 Å². The largest absolute Gasteiger partial charge is 0.489 e. The molecule has 1 aliphatic rings. The minimum Gasteiger partial charge on any atom is -0.489 e. The van der Waals surface area contributed by atoms with Crippen LogP contribution in [0.3, 0.4) is 0 Å². The van der Waals surface area contributed by atoms with Crippen LogP contribution in [-0.2, 0) is 6.61 Å². The van der Waals surface area contributed by atoms with E-state index in [1.165, 1.54) is 16.8 Å². The van der Waals surface area contributed by atoms with Crippen molar-refractivity contribution in [3.63, 3.8) is 0 Å². The van der Waals surface area contributed by atoms with Gasteiger partial charge < -0.3 is 10.1 Å². The lowest BCUT2D eigenvalue weighted by atomic mass is 9.82. The Kier molecular flexibility index (Phi) is 3.62. The van der Waals surface area contributed by atoms with E-state index in [0.29, 0.717) is 12.5 Å². The summed E-state index contributed by atoms with van der Waals surface area (Å²) >= 11 is 0. The van der Waals surface area contributed by atoms with Crippen LogP contribution in [0, 0.1) is 0 Å². The highest BCUT2D eigenvalue weighted by Gasteiger charge is 2.29. The summed E-state index contributed by atoms with van der Waals surface area (Å²) in [4.78, 5) is 0. The first kappa shape index (κ1) is 14.0. The SMILES string of the molecule is CC1CC(C)(C)Nc2ccc(OCc3ccccc3)cc21. The van der Waals surface area contributed by atoms with Gasteiger partial charge in [-0.2, -0.15) is 0 Å². The van der Waals surface area contributed by atoms with E-state index in [9.17, 15) is 0 Å². The van der Waals surface area contributed by atoms with Gasteiger partial charge in [0, 0.05) is 11.2 Å². The molecule has 2 heteroatoms. The number of fused-ring (bicyclic) bond motifs is 1. The number of anilines is 1. The summed E-state index contributed by atoms with van der Waals surface area (Å²) in [6.45, 7) is 7.42. The second kappa shape index (κ2) is 5.44. The van der Waals surface area contributed by atoms with E-state index < -0.39 is 0 Å². The molecule has 0 saturated carbocycles. The zero-order valence-electron chi connectivity index (χ0n) is 13.0. The third kappa shape index (κ3) is 3.21. The molecule has 0 amide bonds. The lowest BCUT2D eigenvalue weighted by Gasteiger charge is -2.37. The molecule has 0 spiro atoms. The van der Waals surface area contributed by atoms with E-state index in [2.05, 4.69) is 56.4 Å². The summed E-state index contributed by atoms with van der Waals surface area (Å²) < 4.78 is 5.93. The van der Waals surface area contributed by atoms with Crippen molar-refractivity contribution in [2.75, 3.05) is 5.32 Å². The summed E-state index contributed by atoms with van der Waals surface area (Å²) in [5.41, 5.74) is 3.96. The Labute approximate surface area is 127 Å². The fourth-order valence-electron chi connectivity index (χ4n) is 3.18. The molecule has 1 aliphatic heterocycles. The topological polar surface area (TPSA) is 21.3 Å². The van der Waals surface area contributed by atoms with E-state index in [0.717, 1.165) is 12.2 Å². The van der Waals surface area contributed by atoms with Crippen LogP contribution in [0.2, 0.25) is 0 Å². The molecule has 1 atom stereocenters. The Morgan fingerprint density at radius 2 is 1.90 bits per heavy atom. The molecule has 1 heterocycles. The Hall–Kier alpha value is -1.96. The monoisotopic (exact) mass is 281 g/mol. The van der Waals surface area contributed by atoms with Crippen molar-refractivity contribution in [3.8, 4) is 5.75 Å². The van der Waals surface area contributed by atoms with Gasteiger partial charge >= 0.3 is 0 Å². The number of nitrogens with one attached hydrogen (secondary N) is 1. The van der Waals surface area contributed by atoms with Crippen LogP contribution in [0.4, 0.5) is 5.69 Å². The predicted octanol–water partition coefficient (Wildman–Crippen LogP) is 4.96. The van der Waals surface area contributed by atoms with Gasteiger partial charge in [-0.3, -0.25) is 0 Å². The van der Waals surface area contributed by atoms with Gasteiger partial charge in [0.15, 0.2) is 0 Å². The number of hydrogen-bond acceptors (Lipinski definition) is 2. The van der Waals surface area contributed by atoms with E-state index in [-0.39, 0.29) is 5.54 Å². The maximum Gasteiger partial charge on any atom is 0.120 e. The summed E-state index contributed by atoms with van der Waals surface area (Å²) in [7, 11) is 0. The first-order valence-corrected chi connectivity index (χ1v) is 7.62. The fraction of sp³-hybridized carbons (Fsp3) is 0.368. The van der Waals surface area contributed by atoms with Crippen molar-refractivity contribution in [1.29, 1.82) is 0 Å². The second-order valence-electron chi connectivity index (χ2n) is 6.64. The summed E-state index contributed by atoms with van der Waals surface area (Å²) in [6, 6.07) is 16.7. The van der Waals surface area contributed by atoms with Gasteiger partial charge in [-0.05, 0) is 55.5 Å². The predicted molar refractivity (Wildman–Crippen MR) is 87.9 cm³/mol. The molecular weight excluding hydrogens is 258 g/mol. The minimum atomic E-state index is 0.166. The van der Waals surface area contributed by atoms with Gasteiger partial charge in [0.1, 0.15) is 12.4 Å². The smallest absolute Gasteiger partial charge is 0.120 e. The Bertz CT molecular complexity index is 619. The standard InChI is InChI=1S/C19H23NO/c1-14-12-19(2,3)20-18-10-9-16(11-17(14)18)21-13-15-7-5-4-6-8-15/h4-11,14,20H,12-13H2,1-3H3. The van der Waals surface area contributed by atoms with Crippen LogP contribution in [0.1, 0.15) is 44.2 Å². The number of ether oxygens (including phenoxy) is 1. The van der Waals surface area contributed by atoms with Gasteiger partial charge in [0.25, 0.3) is 0 Å². The van der Waals surface area contributed by atoms with Crippen LogP contribution in [-0.4, -0.2) is 5.54 Å². The second-order valence-corrected chi connectivity index (χ2v) is 6.64. The number of rotatable bonds is 3. The van der Waals surface area contributed by atoms with Crippen molar-refractivity contribution in [2.45, 2.75) is 45.3 Å². The van der Waals surface area contributed by atoms with Gasteiger partial charge in [0.05, 0.1) is 0 Å². The Morgan fingerprint density at radius 3 is 2.67 bits per heavy atom. The average molecular weight is 281 g/mol. The Morgan fingerprint density at radius 1 is 1.14 bits per heavy atom. The molecule has 110 valence electrons. The summed E-state index contributed by atoms with van der Waals surface area (Å²) in [5, 5.41) is 3.61. The molecule has 0 aromatic heterocycles. The van der Waals surface area contributed by atoms with E-state index in [4.69, 9.17) is 4.74 Å². The molecule has 0 fully saturated rings. The lowest BCUT2D eigenvalue weighted by molar-refractivity contribution is 0.305. The van der Waals surface area contributed by atoms with Crippen molar-refractivity contribution < 1.29 is 4.74 Å². The third-order valence-corrected chi connectivity index (χ3v) is 4.09. The minimum absolute atomic E-state index is 0.166.